The van der Waals surface area contributed by atoms with E-state index in [9.17, 15) is 26.8 Å². The van der Waals surface area contributed by atoms with Crippen LogP contribution in [0, 0.1) is 11.6 Å². The van der Waals surface area contributed by atoms with Gasteiger partial charge in [-0.15, -0.1) is 0 Å². The zero-order chi connectivity index (χ0) is 25.8. The van der Waals surface area contributed by atoms with Crippen molar-refractivity contribution in [3.8, 4) is 0 Å². The van der Waals surface area contributed by atoms with E-state index in [4.69, 9.17) is 23.2 Å². The lowest BCUT2D eigenvalue weighted by Crippen LogP contribution is -2.52. The smallest absolute Gasteiger partial charge is 0.244 e. The molecule has 0 aliphatic heterocycles. The van der Waals surface area contributed by atoms with Crippen molar-refractivity contribution in [3.63, 3.8) is 0 Å². The molecule has 0 aromatic heterocycles. The van der Waals surface area contributed by atoms with Crippen LogP contribution >= 0.6 is 23.2 Å². The number of benzene rings is 2. The second-order valence-electron chi connectivity index (χ2n) is 7.98. The van der Waals surface area contributed by atoms with Crippen LogP contribution in [0.3, 0.4) is 0 Å². The van der Waals surface area contributed by atoms with Crippen LogP contribution in [0.15, 0.2) is 36.4 Å². The molecule has 186 valence electrons. The van der Waals surface area contributed by atoms with E-state index in [0.29, 0.717) is 21.0 Å². The van der Waals surface area contributed by atoms with Gasteiger partial charge in [0.2, 0.25) is 21.8 Å². The Balaban J connectivity index is 2.43. The average Bonchev–Trinajstić information content (AvgIpc) is 2.72. The molecule has 2 amide bonds. The number of amides is 2. The first-order valence-corrected chi connectivity index (χ1v) is 12.8. The molecule has 2 aromatic rings. The van der Waals surface area contributed by atoms with Crippen molar-refractivity contribution < 1.29 is 26.8 Å². The molecular formula is C22H25Cl2F2N3O4S. The quantitative estimate of drug-likeness (QED) is 0.526. The van der Waals surface area contributed by atoms with Crippen LogP contribution in [-0.2, 0) is 26.2 Å². The van der Waals surface area contributed by atoms with Crippen LogP contribution in [0.4, 0.5) is 14.5 Å². The van der Waals surface area contributed by atoms with E-state index >= 15 is 0 Å². The van der Waals surface area contributed by atoms with Gasteiger partial charge in [0, 0.05) is 18.7 Å². The minimum Gasteiger partial charge on any atom is -0.352 e. The van der Waals surface area contributed by atoms with Crippen LogP contribution in [0.5, 0.6) is 0 Å². The summed E-state index contributed by atoms with van der Waals surface area (Å²) in [5, 5.41) is 3.25. The number of anilines is 1. The fraction of sp³-hybridized carbons (Fsp3) is 0.364. The third kappa shape index (κ3) is 7.28. The van der Waals surface area contributed by atoms with Crippen LogP contribution in [-0.4, -0.2) is 50.0 Å². The maximum absolute atomic E-state index is 13.8. The lowest BCUT2D eigenvalue weighted by atomic mass is 10.1. The Bertz CT molecular complexity index is 1180. The summed E-state index contributed by atoms with van der Waals surface area (Å²) in [7, 11) is -4.07. The van der Waals surface area contributed by atoms with Gasteiger partial charge in [0.15, 0.2) is 11.6 Å². The van der Waals surface area contributed by atoms with E-state index in [-0.39, 0.29) is 23.3 Å². The maximum atomic E-state index is 13.8. The van der Waals surface area contributed by atoms with Crippen LogP contribution in [0.1, 0.15) is 26.3 Å². The Kier molecular flexibility index (Phi) is 9.27. The third-order valence-corrected chi connectivity index (χ3v) is 6.69. The fourth-order valence-electron chi connectivity index (χ4n) is 3.08. The van der Waals surface area contributed by atoms with Crippen molar-refractivity contribution in [3.05, 3.63) is 63.6 Å². The monoisotopic (exact) mass is 535 g/mol. The molecule has 0 fully saturated rings. The second kappa shape index (κ2) is 11.3. The number of halogens is 4. The first-order valence-electron chi connectivity index (χ1n) is 10.2. The van der Waals surface area contributed by atoms with Gasteiger partial charge in [-0.05, 0) is 50.6 Å². The third-order valence-electron chi connectivity index (χ3n) is 4.81. The molecule has 2 aromatic carbocycles. The molecule has 0 heterocycles. The van der Waals surface area contributed by atoms with E-state index in [1.807, 2.05) is 0 Å². The van der Waals surface area contributed by atoms with E-state index in [2.05, 4.69) is 5.32 Å². The highest BCUT2D eigenvalue weighted by atomic mass is 35.5. The van der Waals surface area contributed by atoms with Gasteiger partial charge >= 0.3 is 0 Å². The van der Waals surface area contributed by atoms with Crippen molar-refractivity contribution in [2.75, 3.05) is 17.1 Å². The number of nitrogens with one attached hydrogen (secondary N) is 1. The standard InChI is InChI=1S/C22H25Cl2F2N3O4S/c1-13(2)27-22(31)14(3)28(11-15-5-7-17(23)18(24)9-15)21(30)12-29(34(4,32)33)16-6-8-19(25)20(26)10-16/h5-10,13-14H,11-12H2,1-4H3,(H,27,31). The molecule has 0 spiro atoms. The summed E-state index contributed by atoms with van der Waals surface area (Å²) in [4.78, 5) is 27.2. The van der Waals surface area contributed by atoms with Gasteiger partial charge in [0.1, 0.15) is 12.6 Å². The van der Waals surface area contributed by atoms with Crippen molar-refractivity contribution in [2.24, 2.45) is 0 Å². The first kappa shape index (κ1) is 27.8. The molecule has 1 atom stereocenters. The summed E-state index contributed by atoms with van der Waals surface area (Å²) in [5.41, 5.74) is 0.314. The minimum absolute atomic E-state index is 0.0855. The molecule has 7 nitrogen and oxygen atoms in total. The highest BCUT2D eigenvalue weighted by Crippen LogP contribution is 2.25. The van der Waals surface area contributed by atoms with Crippen LogP contribution in [0.2, 0.25) is 10.0 Å². The van der Waals surface area contributed by atoms with Gasteiger partial charge in [0.25, 0.3) is 0 Å². The number of rotatable bonds is 9. The molecule has 0 saturated heterocycles. The van der Waals surface area contributed by atoms with Gasteiger partial charge in [0.05, 0.1) is 22.0 Å². The van der Waals surface area contributed by atoms with Crippen molar-refractivity contribution >= 4 is 50.7 Å². The predicted octanol–water partition coefficient (Wildman–Crippen LogP) is 3.98. The average molecular weight is 536 g/mol. The van der Waals surface area contributed by atoms with Crippen LogP contribution in [0.25, 0.3) is 0 Å². The number of carbonyl (C=O) groups excluding carboxylic acids is 2. The predicted molar refractivity (Wildman–Crippen MR) is 128 cm³/mol. The van der Waals surface area contributed by atoms with Gasteiger partial charge in [-0.3, -0.25) is 13.9 Å². The number of sulfonamides is 1. The molecule has 0 bridgehead atoms. The highest BCUT2D eigenvalue weighted by Gasteiger charge is 2.30. The Morgan fingerprint density at radius 2 is 1.65 bits per heavy atom. The van der Waals surface area contributed by atoms with E-state index in [0.717, 1.165) is 18.4 Å². The zero-order valence-corrected chi connectivity index (χ0v) is 21.3. The highest BCUT2D eigenvalue weighted by molar-refractivity contribution is 7.92. The number of hydrogen-bond acceptors (Lipinski definition) is 4. The molecule has 1 N–H and O–H groups in total. The van der Waals surface area contributed by atoms with Gasteiger partial charge in [-0.2, -0.15) is 0 Å². The minimum atomic E-state index is -4.07. The number of hydrogen-bond donors (Lipinski definition) is 1. The summed E-state index contributed by atoms with van der Waals surface area (Å²) in [6.45, 7) is 4.17. The first-order chi connectivity index (χ1) is 15.7. The summed E-state index contributed by atoms with van der Waals surface area (Å²) in [5.74, 6) is -3.63. The summed E-state index contributed by atoms with van der Waals surface area (Å²) in [6.07, 6.45) is 0.833. The van der Waals surface area contributed by atoms with Crippen LogP contribution < -0.4 is 9.62 Å². The molecule has 0 saturated carbocycles. The molecule has 0 aliphatic rings. The van der Waals surface area contributed by atoms with E-state index < -0.39 is 46.1 Å². The molecule has 12 heteroatoms. The lowest BCUT2D eigenvalue weighted by molar-refractivity contribution is -0.139. The van der Waals surface area contributed by atoms with Crippen molar-refractivity contribution in [2.45, 2.75) is 39.4 Å². The Hall–Kier alpha value is -2.43. The Labute approximate surface area is 207 Å². The lowest BCUT2D eigenvalue weighted by Gasteiger charge is -2.32. The molecule has 0 radical (unpaired) electrons. The van der Waals surface area contributed by atoms with Gasteiger partial charge < -0.3 is 10.2 Å². The fourth-order valence-corrected chi connectivity index (χ4v) is 4.24. The van der Waals surface area contributed by atoms with Gasteiger partial charge in [-0.25, -0.2) is 17.2 Å². The normalized spacial score (nSPS) is 12.4. The Morgan fingerprint density at radius 1 is 1.00 bits per heavy atom. The second-order valence-corrected chi connectivity index (χ2v) is 10.7. The molecule has 1 unspecified atom stereocenters. The summed E-state index contributed by atoms with van der Waals surface area (Å²) < 4.78 is 52.6. The topological polar surface area (TPSA) is 86.8 Å². The maximum Gasteiger partial charge on any atom is 0.244 e. The SMILES string of the molecule is CC(C)NC(=O)C(C)N(Cc1ccc(Cl)c(Cl)c1)C(=O)CN(c1ccc(F)c(F)c1)S(C)(=O)=O. The molecular weight excluding hydrogens is 511 g/mol. The summed E-state index contributed by atoms with van der Waals surface area (Å²) >= 11 is 12.0. The molecule has 0 aliphatic carbocycles. The largest absolute Gasteiger partial charge is 0.352 e. The summed E-state index contributed by atoms with van der Waals surface area (Å²) in [6, 6.07) is 5.98. The number of nitrogens with zero attached hydrogens (tertiary/aromatic N) is 2. The molecule has 2 rings (SSSR count). The van der Waals surface area contributed by atoms with Crippen molar-refractivity contribution in [1.29, 1.82) is 0 Å². The van der Waals surface area contributed by atoms with E-state index in [1.165, 1.54) is 24.0 Å². The Morgan fingerprint density at radius 3 is 2.18 bits per heavy atom. The molecule has 34 heavy (non-hydrogen) atoms. The zero-order valence-electron chi connectivity index (χ0n) is 19.0. The number of carbonyl (C=O) groups is 2. The van der Waals surface area contributed by atoms with E-state index in [1.54, 1.807) is 19.9 Å². The van der Waals surface area contributed by atoms with Gasteiger partial charge in [-0.1, -0.05) is 29.3 Å². The van der Waals surface area contributed by atoms with Crippen molar-refractivity contribution in [1.82, 2.24) is 10.2 Å².